The fourth-order valence-electron chi connectivity index (χ4n) is 2.03. The Labute approximate surface area is 130 Å². The van der Waals surface area contributed by atoms with Crippen LogP contribution < -0.4 is 9.62 Å². The molecule has 0 aliphatic heterocycles. The first kappa shape index (κ1) is 16.0. The topological polar surface area (TPSA) is 49.4 Å². The lowest BCUT2D eigenvalue weighted by Gasteiger charge is -2.17. The van der Waals surface area contributed by atoms with E-state index >= 15 is 0 Å². The third-order valence-corrected chi connectivity index (χ3v) is 6.30. The SMILES string of the molecule is CCc1ccc(S(=O)(=O)NCc2ccccc2N(C)C)s1. The second kappa shape index (κ2) is 6.60. The van der Waals surface area contributed by atoms with Crippen molar-refractivity contribution in [1.29, 1.82) is 0 Å². The van der Waals surface area contributed by atoms with Crippen LogP contribution in [0.1, 0.15) is 17.4 Å². The quantitative estimate of drug-likeness (QED) is 0.889. The minimum atomic E-state index is -3.44. The van der Waals surface area contributed by atoms with Gasteiger partial charge in [0, 0.05) is 31.2 Å². The molecule has 6 heteroatoms. The Morgan fingerprint density at radius 2 is 1.86 bits per heavy atom. The molecule has 1 heterocycles. The van der Waals surface area contributed by atoms with Crippen molar-refractivity contribution in [3.05, 3.63) is 46.8 Å². The molecule has 0 saturated heterocycles. The van der Waals surface area contributed by atoms with Gasteiger partial charge in [0.25, 0.3) is 0 Å². The largest absolute Gasteiger partial charge is 0.377 e. The highest BCUT2D eigenvalue weighted by atomic mass is 32.2. The minimum absolute atomic E-state index is 0.288. The van der Waals surface area contributed by atoms with E-state index in [-0.39, 0.29) is 6.54 Å². The first-order chi connectivity index (χ1) is 9.94. The summed E-state index contributed by atoms with van der Waals surface area (Å²) in [6.45, 7) is 2.30. The maximum Gasteiger partial charge on any atom is 0.250 e. The van der Waals surface area contributed by atoms with Gasteiger partial charge in [-0.25, -0.2) is 13.1 Å². The summed E-state index contributed by atoms with van der Waals surface area (Å²) in [7, 11) is 0.449. The molecular formula is C15H20N2O2S2. The van der Waals surface area contributed by atoms with E-state index in [1.54, 1.807) is 6.07 Å². The number of aryl methyl sites for hydroxylation is 1. The van der Waals surface area contributed by atoms with Crippen LogP contribution in [-0.4, -0.2) is 22.5 Å². The van der Waals surface area contributed by atoms with Crippen molar-refractivity contribution in [3.63, 3.8) is 0 Å². The number of para-hydroxylation sites is 1. The Kier molecular flexibility index (Phi) is 5.03. The lowest BCUT2D eigenvalue weighted by Crippen LogP contribution is -2.23. The van der Waals surface area contributed by atoms with Crippen LogP contribution in [0.15, 0.2) is 40.6 Å². The van der Waals surface area contributed by atoms with E-state index < -0.39 is 10.0 Å². The average molecular weight is 324 g/mol. The fraction of sp³-hybridized carbons (Fsp3) is 0.333. The molecule has 1 aromatic carbocycles. The van der Waals surface area contributed by atoms with Crippen LogP contribution in [0, 0.1) is 0 Å². The highest BCUT2D eigenvalue weighted by Crippen LogP contribution is 2.23. The van der Waals surface area contributed by atoms with Crippen molar-refractivity contribution in [2.24, 2.45) is 0 Å². The molecule has 1 N–H and O–H groups in total. The molecule has 0 radical (unpaired) electrons. The summed E-state index contributed by atoms with van der Waals surface area (Å²) in [4.78, 5) is 3.05. The van der Waals surface area contributed by atoms with Crippen molar-refractivity contribution >= 4 is 27.0 Å². The molecule has 2 aromatic rings. The zero-order chi connectivity index (χ0) is 15.5. The number of nitrogens with one attached hydrogen (secondary N) is 1. The fourth-order valence-corrected chi connectivity index (χ4v) is 4.38. The number of benzene rings is 1. The van der Waals surface area contributed by atoms with E-state index in [0.29, 0.717) is 4.21 Å². The number of rotatable bonds is 6. The van der Waals surface area contributed by atoms with Crippen molar-refractivity contribution in [3.8, 4) is 0 Å². The van der Waals surface area contributed by atoms with Gasteiger partial charge >= 0.3 is 0 Å². The van der Waals surface area contributed by atoms with Gasteiger partial charge in [-0.3, -0.25) is 0 Å². The molecule has 0 unspecified atom stereocenters. The summed E-state index contributed by atoms with van der Waals surface area (Å²) < 4.78 is 27.7. The van der Waals surface area contributed by atoms with Crippen molar-refractivity contribution < 1.29 is 8.42 Å². The zero-order valence-corrected chi connectivity index (χ0v) is 14.1. The van der Waals surface area contributed by atoms with Crippen LogP contribution in [-0.2, 0) is 23.0 Å². The number of sulfonamides is 1. The van der Waals surface area contributed by atoms with Gasteiger partial charge in [-0.15, -0.1) is 11.3 Å². The number of hydrogen-bond donors (Lipinski definition) is 1. The van der Waals surface area contributed by atoms with Gasteiger partial charge in [0.1, 0.15) is 4.21 Å². The zero-order valence-electron chi connectivity index (χ0n) is 12.5. The monoisotopic (exact) mass is 324 g/mol. The Hall–Kier alpha value is -1.37. The summed E-state index contributed by atoms with van der Waals surface area (Å²) in [5.74, 6) is 0. The minimum Gasteiger partial charge on any atom is -0.377 e. The van der Waals surface area contributed by atoms with Crippen LogP contribution >= 0.6 is 11.3 Å². The molecule has 0 saturated carbocycles. The van der Waals surface area contributed by atoms with Crippen LogP contribution in [0.3, 0.4) is 0 Å². The Bertz CT molecular complexity index is 706. The van der Waals surface area contributed by atoms with E-state index in [1.165, 1.54) is 11.3 Å². The van der Waals surface area contributed by atoms with Crippen molar-refractivity contribution in [1.82, 2.24) is 4.72 Å². The van der Waals surface area contributed by atoms with Crippen LogP contribution in [0.4, 0.5) is 5.69 Å². The molecule has 4 nitrogen and oxygen atoms in total. The number of nitrogens with zero attached hydrogens (tertiary/aromatic N) is 1. The summed E-state index contributed by atoms with van der Waals surface area (Å²) in [6.07, 6.45) is 0.851. The third kappa shape index (κ3) is 3.84. The maximum atomic E-state index is 12.3. The van der Waals surface area contributed by atoms with Crippen molar-refractivity contribution in [2.75, 3.05) is 19.0 Å². The molecule has 0 spiro atoms. The van der Waals surface area contributed by atoms with Crippen LogP contribution in [0.5, 0.6) is 0 Å². The highest BCUT2D eigenvalue weighted by molar-refractivity contribution is 7.91. The average Bonchev–Trinajstić information content (AvgIpc) is 2.95. The Balaban J connectivity index is 2.15. The molecule has 114 valence electrons. The molecule has 2 rings (SSSR count). The normalized spacial score (nSPS) is 11.6. The van der Waals surface area contributed by atoms with Gasteiger partial charge in [-0.2, -0.15) is 0 Å². The van der Waals surface area contributed by atoms with Gasteiger partial charge in [0.2, 0.25) is 10.0 Å². The standard InChI is InChI=1S/C15H20N2O2S2/c1-4-13-9-10-15(20-13)21(18,19)16-11-12-7-5-6-8-14(12)17(2)3/h5-10,16H,4,11H2,1-3H3. The molecule has 0 aliphatic rings. The summed E-state index contributed by atoms with van der Waals surface area (Å²) >= 11 is 1.32. The predicted molar refractivity (Wildman–Crippen MR) is 88.5 cm³/mol. The van der Waals surface area contributed by atoms with E-state index in [2.05, 4.69) is 4.72 Å². The Morgan fingerprint density at radius 1 is 1.14 bits per heavy atom. The van der Waals surface area contributed by atoms with E-state index in [1.807, 2.05) is 56.3 Å². The first-order valence-electron chi connectivity index (χ1n) is 6.77. The maximum absolute atomic E-state index is 12.3. The van der Waals surface area contributed by atoms with E-state index in [4.69, 9.17) is 0 Å². The number of thiophene rings is 1. The van der Waals surface area contributed by atoms with Gasteiger partial charge < -0.3 is 4.90 Å². The van der Waals surface area contributed by atoms with Crippen LogP contribution in [0.25, 0.3) is 0 Å². The number of anilines is 1. The second-order valence-corrected chi connectivity index (χ2v) is 8.08. The molecule has 21 heavy (non-hydrogen) atoms. The van der Waals surface area contributed by atoms with Gasteiger partial charge in [-0.1, -0.05) is 25.1 Å². The molecule has 0 atom stereocenters. The molecule has 0 fully saturated rings. The van der Waals surface area contributed by atoms with E-state index in [9.17, 15) is 8.42 Å². The molecule has 0 aliphatic carbocycles. The van der Waals surface area contributed by atoms with Crippen molar-refractivity contribution in [2.45, 2.75) is 24.1 Å². The van der Waals surface area contributed by atoms with E-state index in [0.717, 1.165) is 22.5 Å². The third-order valence-electron chi connectivity index (χ3n) is 3.18. The first-order valence-corrected chi connectivity index (χ1v) is 9.07. The van der Waals surface area contributed by atoms with Crippen LogP contribution in [0.2, 0.25) is 0 Å². The molecule has 0 bridgehead atoms. The lowest BCUT2D eigenvalue weighted by molar-refractivity contribution is 0.583. The molecule has 1 aromatic heterocycles. The highest BCUT2D eigenvalue weighted by Gasteiger charge is 2.17. The van der Waals surface area contributed by atoms with Gasteiger partial charge in [0.05, 0.1) is 0 Å². The Morgan fingerprint density at radius 3 is 2.48 bits per heavy atom. The summed E-state index contributed by atoms with van der Waals surface area (Å²) in [5, 5.41) is 0. The molecule has 0 amide bonds. The van der Waals surface area contributed by atoms with Gasteiger partial charge in [0.15, 0.2) is 0 Å². The van der Waals surface area contributed by atoms with Gasteiger partial charge in [-0.05, 0) is 30.2 Å². The molecular weight excluding hydrogens is 304 g/mol. The summed E-state index contributed by atoms with van der Waals surface area (Å²) in [5.41, 5.74) is 1.97. The number of hydrogen-bond acceptors (Lipinski definition) is 4. The lowest BCUT2D eigenvalue weighted by atomic mass is 10.1. The predicted octanol–water partition coefficient (Wildman–Crippen LogP) is 2.86. The smallest absolute Gasteiger partial charge is 0.250 e. The summed E-state index contributed by atoms with van der Waals surface area (Å²) in [6, 6.07) is 11.3. The second-order valence-electron chi connectivity index (χ2n) is 4.92.